The monoisotopic (exact) mass is 245 g/mol. The van der Waals surface area contributed by atoms with Crippen LogP contribution in [0.25, 0.3) is 0 Å². The van der Waals surface area contributed by atoms with Crippen LogP contribution >= 0.6 is 0 Å². The van der Waals surface area contributed by atoms with Crippen molar-refractivity contribution in [2.75, 3.05) is 6.54 Å². The second-order valence-electron chi connectivity index (χ2n) is 6.47. The molecule has 1 heterocycles. The minimum atomic E-state index is 0.418. The maximum absolute atomic E-state index is 6.28. The molecule has 1 saturated carbocycles. The smallest absolute Gasteiger partial charge is 0.123 e. The van der Waals surface area contributed by atoms with Crippen molar-refractivity contribution in [3.63, 3.8) is 0 Å². The van der Waals surface area contributed by atoms with Gasteiger partial charge in [-0.25, -0.2) is 0 Å². The van der Waals surface area contributed by atoms with Crippen LogP contribution in [0.2, 0.25) is 0 Å². The van der Waals surface area contributed by atoms with Crippen molar-refractivity contribution in [2.24, 2.45) is 5.41 Å². The molecule has 1 aliphatic carbocycles. The molecule has 1 atom stereocenters. The lowest BCUT2D eigenvalue weighted by molar-refractivity contribution is 0.190. The van der Waals surface area contributed by atoms with E-state index in [-0.39, 0.29) is 0 Å². The largest absolute Gasteiger partial charge is 0.490 e. The third kappa shape index (κ3) is 2.39. The van der Waals surface area contributed by atoms with Crippen molar-refractivity contribution in [3.05, 3.63) is 29.3 Å². The average molecular weight is 245 g/mol. The Morgan fingerprint density at radius 3 is 3.00 bits per heavy atom. The Balaban J connectivity index is 1.77. The zero-order valence-corrected chi connectivity index (χ0v) is 11.5. The van der Waals surface area contributed by atoms with Crippen molar-refractivity contribution in [1.29, 1.82) is 0 Å². The number of hydrogen-bond donors (Lipinski definition) is 1. The average Bonchev–Trinajstić information content (AvgIpc) is 2.69. The highest BCUT2D eigenvalue weighted by atomic mass is 16.5. The first-order valence-corrected chi connectivity index (χ1v) is 7.12. The van der Waals surface area contributed by atoms with Crippen LogP contribution in [0.15, 0.2) is 18.2 Å². The summed E-state index contributed by atoms with van der Waals surface area (Å²) in [6, 6.07) is 6.49. The second-order valence-corrected chi connectivity index (χ2v) is 6.47. The number of ether oxygens (including phenoxy) is 1. The Morgan fingerprint density at radius 2 is 2.22 bits per heavy atom. The van der Waals surface area contributed by atoms with Gasteiger partial charge < -0.3 is 10.1 Å². The Labute approximate surface area is 110 Å². The molecule has 0 spiro atoms. The van der Waals surface area contributed by atoms with Crippen LogP contribution in [0, 0.1) is 5.41 Å². The van der Waals surface area contributed by atoms with E-state index in [9.17, 15) is 0 Å². The SMILES string of the molecule is CC1(C)CCC(Oc2cccc3c2CCNC3)C1. The predicted molar refractivity (Wildman–Crippen MR) is 73.9 cm³/mol. The number of hydrogen-bond acceptors (Lipinski definition) is 2. The first-order chi connectivity index (χ1) is 8.64. The fourth-order valence-electron chi connectivity index (χ4n) is 3.26. The van der Waals surface area contributed by atoms with Crippen molar-refractivity contribution >= 4 is 0 Å². The molecule has 98 valence electrons. The van der Waals surface area contributed by atoms with Gasteiger partial charge in [0.2, 0.25) is 0 Å². The third-order valence-electron chi connectivity index (χ3n) is 4.31. The molecule has 3 rings (SSSR count). The van der Waals surface area contributed by atoms with E-state index in [1.807, 2.05) is 0 Å². The summed E-state index contributed by atoms with van der Waals surface area (Å²) in [7, 11) is 0. The molecular weight excluding hydrogens is 222 g/mol. The van der Waals surface area contributed by atoms with Crippen LogP contribution in [-0.2, 0) is 13.0 Å². The Kier molecular flexibility index (Phi) is 3.06. The van der Waals surface area contributed by atoms with Gasteiger partial charge in [0.1, 0.15) is 5.75 Å². The highest BCUT2D eigenvalue weighted by Gasteiger charge is 2.32. The van der Waals surface area contributed by atoms with E-state index in [1.54, 1.807) is 0 Å². The van der Waals surface area contributed by atoms with Gasteiger partial charge in [0.15, 0.2) is 0 Å². The van der Waals surface area contributed by atoms with Crippen molar-refractivity contribution in [1.82, 2.24) is 5.32 Å². The normalized spacial score (nSPS) is 25.8. The van der Waals surface area contributed by atoms with E-state index in [1.165, 1.54) is 30.4 Å². The molecule has 2 heteroatoms. The molecule has 1 unspecified atom stereocenters. The van der Waals surface area contributed by atoms with Crippen LogP contribution in [0.3, 0.4) is 0 Å². The zero-order chi connectivity index (χ0) is 12.6. The van der Waals surface area contributed by atoms with Crippen LogP contribution < -0.4 is 10.1 Å². The molecule has 1 aromatic carbocycles. The number of fused-ring (bicyclic) bond motifs is 1. The molecular formula is C16H23NO. The summed E-state index contributed by atoms with van der Waals surface area (Å²) in [5.74, 6) is 1.14. The van der Waals surface area contributed by atoms with E-state index < -0.39 is 0 Å². The lowest BCUT2D eigenvalue weighted by atomic mass is 9.92. The first kappa shape index (κ1) is 12.0. The van der Waals surface area contributed by atoms with E-state index in [2.05, 4.69) is 37.4 Å². The maximum atomic E-state index is 6.28. The minimum Gasteiger partial charge on any atom is -0.490 e. The Morgan fingerprint density at radius 1 is 1.33 bits per heavy atom. The molecule has 1 fully saturated rings. The Hall–Kier alpha value is -1.02. The highest BCUT2D eigenvalue weighted by Crippen LogP contribution is 2.39. The van der Waals surface area contributed by atoms with Gasteiger partial charge in [0.05, 0.1) is 6.10 Å². The van der Waals surface area contributed by atoms with Gasteiger partial charge in [0.25, 0.3) is 0 Å². The van der Waals surface area contributed by atoms with E-state index in [4.69, 9.17) is 4.74 Å². The summed E-state index contributed by atoms with van der Waals surface area (Å²) in [6.07, 6.45) is 5.20. The molecule has 0 bridgehead atoms. The molecule has 2 aliphatic rings. The molecule has 1 N–H and O–H groups in total. The molecule has 1 aromatic rings. The van der Waals surface area contributed by atoms with Crippen molar-refractivity contribution in [3.8, 4) is 5.75 Å². The molecule has 18 heavy (non-hydrogen) atoms. The molecule has 0 saturated heterocycles. The van der Waals surface area contributed by atoms with Crippen molar-refractivity contribution in [2.45, 2.75) is 52.2 Å². The summed E-state index contributed by atoms with van der Waals surface area (Å²) in [4.78, 5) is 0. The lowest BCUT2D eigenvalue weighted by Gasteiger charge is -2.23. The standard InChI is InChI=1S/C16H23NO/c1-16(2)8-6-13(10-16)18-15-5-3-4-12-11-17-9-7-14(12)15/h3-5,13,17H,6-11H2,1-2H3. The summed E-state index contributed by atoms with van der Waals surface area (Å²) in [6.45, 7) is 6.76. The lowest BCUT2D eigenvalue weighted by Crippen LogP contribution is -2.25. The van der Waals surface area contributed by atoms with Gasteiger partial charge in [-0.05, 0) is 54.8 Å². The molecule has 0 radical (unpaired) electrons. The quantitative estimate of drug-likeness (QED) is 0.863. The third-order valence-corrected chi connectivity index (χ3v) is 4.31. The second kappa shape index (κ2) is 4.58. The maximum Gasteiger partial charge on any atom is 0.123 e. The number of nitrogens with one attached hydrogen (secondary N) is 1. The molecule has 1 aliphatic heterocycles. The van der Waals surface area contributed by atoms with Crippen LogP contribution in [0.4, 0.5) is 0 Å². The molecule has 0 aromatic heterocycles. The van der Waals surface area contributed by atoms with Crippen LogP contribution in [0.5, 0.6) is 5.75 Å². The summed E-state index contributed by atoms with van der Waals surface area (Å²) in [5.41, 5.74) is 3.30. The fraction of sp³-hybridized carbons (Fsp3) is 0.625. The molecule has 2 nitrogen and oxygen atoms in total. The van der Waals surface area contributed by atoms with Crippen molar-refractivity contribution < 1.29 is 4.74 Å². The van der Waals surface area contributed by atoms with Gasteiger partial charge in [-0.3, -0.25) is 0 Å². The molecule has 0 amide bonds. The minimum absolute atomic E-state index is 0.418. The Bertz CT molecular complexity index is 439. The fourth-order valence-corrected chi connectivity index (χ4v) is 3.26. The topological polar surface area (TPSA) is 21.3 Å². The predicted octanol–water partition coefficient (Wildman–Crippen LogP) is 3.29. The van der Waals surface area contributed by atoms with Crippen LogP contribution in [-0.4, -0.2) is 12.6 Å². The summed E-state index contributed by atoms with van der Waals surface area (Å²) in [5, 5.41) is 3.42. The van der Waals surface area contributed by atoms with Crippen LogP contribution in [0.1, 0.15) is 44.2 Å². The van der Waals surface area contributed by atoms with Gasteiger partial charge in [-0.15, -0.1) is 0 Å². The summed E-state index contributed by atoms with van der Waals surface area (Å²) < 4.78 is 6.28. The number of benzene rings is 1. The van der Waals surface area contributed by atoms with E-state index in [0.29, 0.717) is 11.5 Å². The summed E-state index contributed by atoms with van der Waals surface area (Å²) >= 11 is 0. The van der Waals surface area contributed by atoms with Gasteiger partial charge >= 0.3 is 0 Å². The highest BCUT2D eigenvalue weighted by molar-refractivity contribution is 5.41. The first-order valence-electron chi connectivity index (χ1n) is 7.12. The van der Waals surface area contributed by atoms with E-state index >= 15 is 0 Å². The van der Waals surface area contributed by atoms with Gasteiger partial charge in [-0.2, -0.15) is 0 Å². The zero-order valence-electron chi connectivity index (χ0n) is 11.5. The van der Waals surface area contributed by atoms with Gasteiger partial charge in [0, 0.05) is 6.54 Å². The van der Waals surface area contributed by atoms with Gasteiger partial charge in [-0.1, -0.05) is 26.0 Å². The number of rotatable bonds is 2. The van der Waals surface area contributed by atoms with E-state index in [0.717, 1.165) is 25.3 Å².